The van der Waals surface area contributed by atoms with Crippen molar-refractivity contribution in [1.82, 2.24) is 0 Å². The van der Waals surface area contributed by atoms with Gasteiger partial charge in [0.1, 0.15) is 12.2 Å². The number of anilines is 2. The Labute approximate surface area is 157 Å². The maximum absolute atomic E-state index is 12.1. The fraction of sp³-hybridized carbons (Fsp3) is 0.333. The number of carbonyl (C=O) groups is 2. The Hall–Kier alpha value is -3.02. The van der Waals surface area contributed by atoms with Crippen molar-refractivity contribution >= 4 is 23.6 Å². The SMILES string of the molecule is O=C(Nc1ccccc1)O[C@@H]1C[C@@H]2C[C@H]1C[C@H]2OC(=O)Nc1ccccc1. The third kappa shape index (κ3) is 4.22. The molecule has 0 radical (unpaired) electrons. The lowest BCUT2D eigenvalue weighted by Crippen LogP contribution is -2.34. The van der Waals surface area contributed by atoms with Crippen molar-refractivity contribution in [2.75, 3.05) is 10.6 Å². The molecule has 0 heterocycles. The number of hydrogen-bond donors (Lipinski definition) is 2. The van der Waals surface area contributed by atoms with Gasteiger partial charge in [0.2, 0.25) is 0 Å². The second-order valence-electron chi connectivity index (χ2n) is 7.10. The number of para-hydroxylation sites is 2. The van der Waals surface area contributed by atoms with E-state index in [1.54, 1.807) is 0 Å². The molecule has 2 fully saturated rings. The van der Waals surface area contributed by atoms with Crippen LogP contribution in [-0.2, 0) is 9.47 Å². The van der Waals surface area contributed by atoms with Crippen LogP contribution in [0.1, 0.15) is 19.3 Å². The summed E-state index contributed by atoms with van der Waals surface area (Å²) in [5, 5.41) is 5.48. The molecule has 27 heavy (non-hydrogen) atoms. The minimum absolute atomic E-state index is 0.115. The number of rotatable bonds is 4. The lowest BCUT2D eigenvalue weighted by Gasteiger charge is -2.27. The van der Waals surface area contributed by atoms with Crippen LogP contribution in [-0.4, -0.2) is 24.4 Å². The van der Waals surface area contributed by atoms with Crippen LogP contribution in [0.2, 0.25) is 0 Å². The predicted octanol–water partition coefficient (Wildman–Crippen LogP) is 4.65. The van der Waals surface area contributed by atoms with Crippen molar-refractivity contribution in [2.45, 2.75) is 31.5 Å². The molecule has 6 heteroatoms. The Balaban J connectivity index is 1.24. The number of nitrogens with one attached hydrogen (secondary N) is 2. The molecular formula is C21H22N2O4. The van der Waals surface area contributed by atoms with Crippen LogP contribution < -0.4 is 10.6 Å². The number of hydrogen-bond acceptors (Lipinski definition) is 4. The fourth-order valence-electron chi connectivity index (χ4n) is 4.07. The normalized spacial score (nSPS) is 25.6. The average Bonchev–Trinajstić information content (AvgIpc) is 3.23. The van der Waals surface area contributed by atoms with Gasteiger partial charge < -0.3 is 9.47 Å². The third-order valence-corrected chi connectivity index (χ3v) is 5.28. The molecular weight excluding hydrogens is 344 g/mol. The molecule has 2 saturated carbocycles. The number of amides is 2. The van der Waals surface area contributed by atoms with Crippen molar-refractivity contribution in [3.05, 3.63) is 60.7 Å². The van der Waals surface area contributed by atoms with Crippen LogP contribution >= 0.6 is 0 Å². The van der Waals surface area contributed by atoms with E-state index in [1.165, 1.54) is 0 Å². The molecule has 2 amide bonds. The Kier molecular flexibility index (Phi) is 4.96. The summed E-state index contributed by atoms with van der Waals surface area (Å²) in [4.78, 5) is 24.2. The fourth-order valence-corrected chi connectivity index (χ4v) is 4.07. The molecule has 4 rings (SSSR count). The molecule has 2 bridgehead atoms. The number of benzene rings is 2. The Morgan fingerprint density at radius 1 is 0.667 bits per heavy atom. The van der Waals surface area contributed by atoms with E-state index in [2.05, 4.69) is 10.6 Å². The van der Waals surface area contributed by atoms with Crippen molar-refractivity contribution in [3.8, 4) is 0 Å². The summed E-state index contributed by atoms with van der Waals surface area (Å²) >= 11 is 0. The number of ether oxygens (including phenoxy) is 2. The van der Waals surface area contributed by atoms with Gasteiger partial charge >= 0.3 is 12.2 Å². The van der Waals surface area contributed by atoms with Crippen molar-refractivity contribution in [1.29, 1.82) is 0 Å². The smallest absolute Gasteiger partial charge is 0.411 e. The van der Waals surface area contributed by atoms with Gasteiger partial charge in [0, 0.05) is 11.4 Å². The molecule has 2 aromatic rings. The number of fused-ring (bicyclic) bond motifs is 2. The van der Waals surface area contributed by atoms with Gasteiger partial charge in [-0.1, -0.05) is 36.4 Å². The first kappa shape index (κ1) is 17.4. The zero-order valence-electron chi connectivity index (χ0n) is 14.8. The molecule has 2 aliphatic rings. The molecule has 6 nitrogen and oxygen atoms in total. The van der Waals surface area contributed by atoms with E-state index in [0.29, 0.717) is 11.4 Å². The minimum atomic E-state index is -0.432. The zero-order valence-corrected chi connectivity index (χ0v) is 14.8. The molecule has 4 atom stereocenters. The second kappa shape index (κ2) is 7.70. The average molecular weight is 366 g/mol. The summed E-state index contributed by atoms with van der Waals surface area (Å²) in [7, 11) is 0. The first-order valence-corrected chi connectivity index (χ1v) is 9.23. The van der Waals surface area contributed by atoms with Gasteiger partial charge in [-0.05, 0) is 55.4 Å². The van der Waals surface area contributed by atoms with E-state index >= 15 is 0 Å². The molecule has 0 aromatic heterocycles. The Morgan fingerprint density at radius 2 is 1.07 bits per heavy atom. The van der Waals surface area contributed by atoms with Gasteiger partial charge in [0.05, 0.1) is 0 Å². The van der Waals surface area contributed by atoms with Crippen LogP contribution in [0, 0.1) is 11.8 Å². The van der Waals surface area contributed by atoms with Crippen molar-refractivity contribution in [3.63, 3.8) is 0 Å². The third-order valence-electron chi connectivity index (χ3n) is 5.28. The van der Waals surface area contributed by atoms with E-state index in [1.807, 2.05) is 60.7 Å². The van der Waals surface area contributed by atoms with Gasteiger partial charge in [0.15, 0.2) is 0 Å². The highest BCUT2D eigenvalue weighted by atomic mass is 16.6. The van der Waals surface area contributed by atoms with Crippen LogP contribution in [0.3, 0.4) is 0 Å². The largest absolute Gasteiger partial charge is 0.446 e. The molecule has 2 N–H and O–H groups in total. The van der Waals surface area contributed by atoms with E-state index in [4.69, 9.17) is 9.47 Å². The van der Waals surface area contributed by atoms with Gasteiger partial charge in [-0.15, -0.1) is 0 Å². The topological polar surface area (TPSA) is 76.7 Å². The maximum atomic E-state index is 12.1. The van der Waals surface area contributed by atoms with Crippen LogP contribution in [0.25, 0.3) is 0 Å². The van der Waals surface area contributed by atoms with E-state index in [-0.39, 0.29) is 24.0 Å². The first-order chi connectivity index (χ1) is 13.2. The lowest BCUT2D eigenvalue weighted by atomic mass is 9.95. The minimum Gasteiger partial charge on any atom is -0.446 e. The van der Waals surface area contributed by atoms with Crippen LogP contribution in [0.15, 0.2) is 60.7 Å². The summed E-state index contributed by atoms with van der Waals surface area (Å²) in [6.45, 7) is 0. The second-order valence-corrected chi connectivity index (χ2v) is 7.10. The molecule has 2 aromatic carbocycles. The predicted molar refractivity (Wildman–Crippen MR) is 101 cm³/mol. The molecule has 0 aliphatic heterocycles. The van der Waals surface area contributed by atoms with Crippen LogP contribution in [0.4, 0.5) is 21.0 Å². The summed E-state index contributed by atoms with van der Waals surface area (Å²) in [6, 6.07) is 18.5. The highest BCUT2D eigenvalue weighted by Gasteiger charge is 2.49. The van der Waals surface area contributed by atoms with E-state index in [0.717, 1.165) is 19.3 Å². The highest BCUT2D eigenvalue weighted by molar-refractivity contribution is 5.85. The maximum Gasteiger partial charge on any atom is 0.411 e. The summed E-state index contributed by atoms with van der Waals surface area (Å²) in [6.07, 6.45) is 1.29. The standard InChI is InChI=1S/C21H22N2O4/c24-20(22-16-7-3-1-4-8-16)26-18-12-15-11-14(18)13-19(15)27-21(25)23-17-9-5-2-6-10-17/h1-10,14-15,18-19H,11-13H2,(H,22,24)(H,23,25)/t14-,15-,18+,19+/m0/s1. The van der Waals surface area contributed by atoms with Gasteiger partial charge in [-0.25, -0.2) is 9.59 Å². The lowest BCUT2D eigenvalue weighted by molar-refractivity contribution is 0.0233. The van der Waals surface area contributed by atoms with Crippen LogP contribution in [0.5, 0.6) is 0 Å². The summed E-state index contributed by atoms with van der Waals surface area (Å²) in [5.74, 6) is 0.483. The van der Waals surface area contributed by atoms with Gasteiger partial charge in [-0.3, -0.25) is 10.6 Å². The van der Waals surface area contributed by atoms with Gasteiger partial charge in [0.25, 0.3) is 0 Å². The molecule has 140 valence electrons. The van der Waals surface area contributed by atoms with E-state index in [9.17, 15) is 9.59 Å². The number of carbonyl (C=O) groups excluding carboxylic acids is 2. The molecule has 0 spiro atoms. The van der Waals surface area contributed by atoms with E-state index < -0.39 is 12.2 Å². The molecule has 2 aliphatic carbocycles. The highest BCUT2D eigenvalue weighted by Crippen LogP contribution is 2.47. The molecule has 0 saturated heterocycles. The van der Waals surface area contributed by atoms with Gasteiger partial charge in [-0.2, -0.15) is 0 Å². The monoisotopic (exact) mass is 366 g/mol. The summed E-state index contributed by atoms with van der Waals surface area (Å²) in [5.41, 5.74) is 1.42. The Morgan fingerprint density at radius 3 is 1.44 bits per heavy atom. The summed E-state index contributed by atoms with van der Waals surface area (Å²) < 4.78 is 11.2. The zero-order chi connectivity index (χ0) is 18.6. The van der Waals surface area contributed by atoms with Crippen molar-refractivity contribution < 1.29 is 19.1 Å². The quantitative estimate of drug-likeness (QED) is 0.826. The van der Waals surface area contributed by atoms with Crippen molar-refractivity contribution in [2.24, 2.45) is 11.8 Å². The first-order valence-electron chi connectivity index (χ1n) is 9.23. The molecule has 0 unspecified atom stereocenters. The Bertz CT molecular complexity index is 729.